The minimum atomic E-state index is -0.525. The van der Waals surface area contributed by atoms with Crippen molar-refractivity contribution in [3.8, 4) is 0 Å². The summed E-state index contributed by atoms with van der Waals surface area (Å²) in [5, 5.41) is 2.96. The Morgan fingerprint density at radius 1 is 1.19 bits per heavy atom. The minimum absolute atomic E-state index is 0.0578. The van der Waals surface area contributed by atoms with Gasteiger partial charge in [0.25, 0.3) is 5.91 Å². The Morgan fingerprint density at radius 3 is 2.77 bits per heavy atom. The molecule has 1 aliphatic rings. The molecule has 0 radical (unpaired) electrons. The normalized spacial score (nSPS) is 17.0. The first-order chi connectivity index (χ1) is 12.5. The molecular weight excluding hydrogens is 331 g/mol. The number of aryl methyl sites for hydroxylation is 1. The van der Waals surface area contributed by atoms with Crippen LogP contribution in [0, 0.1) is 18.7 Å². The number of halogens is 1. The molecule has 26 heavy (non-hydrogen) atoms. The lowest BCUT2D eigenvalue weighted by molar-refractivity contribution is -0.126. The Labute approximate surface area is 153 Å². The number of piperidine rings is 1. The number of hydrogen-bond acceptors (Lipinski definition) is 2. The van der Waals surface area contributed by atoms with Crippen LogP contribution in [-0.2, 0) is 11.3 Å². The number of benzene rings is 2. The molecule has 0 saturated carbocycles. The first-order valence-corrected chi connectivity index (χ1v) is 8.91. The molecular formula is C21H23FN2O2. The molecule has 0 unspecified atom stereocenters. The van der Waals surface area contributed by atoms with Crippen molar-refractivity contribution in [1.82, 2.24) is 10.2 Å². The summed E-state index contributed by atoms with van der Waals surface area (Å²) < 4.78 is 13.9. The number of likely N-dealkylation sites (tertiary alicyclic amines) is 1. The molecule has 3 rings (SSSR count). The lowest BCUT2D eigenvalue weighted by atomic mass is 9.96. The van der Waals surface area contributed by atoms with Gasteiger partial charge < -0.3 is 10.2 Å². The van der Waals surface area contributed by atoms with Crippen LogP contribution in [0.5, 0.6) is 0 Å². The predicted molar refractivity (Wildman–Crippen MR) is 98.1 cm³/mol. The van der Waals surface area contributed by atoms with Gasteiger partial charge in [-0.1, -0.05) is 42.0 Å². The van der Waals surface area contributed by atoms with Crippen molar-refractivity contribution in [3.05, 3.63) is 71.0 Å². The van der Waals surface area contributed by atoms with Gasteiger partial charge in [0, 0.05) is 19.6 Å². The van der Waals surface area contributed by atoms with Crippen molar-refractivity contribution < 1.29 is 14.0 Å². The Hall–Kier alpha value is -2.69. The lowest BCUT2D eigenvalue weighted by Crippen LogP contribution is -2.45. The first kappa shape index (κ1) is 18.1. The lowest BCUT2D eigenvalue weighted by Gasteiger charge is -2.32. The SMILES string of the molecule is Cc1cccc(CNC(=O)[C@@H]2CCCN(C(=O)c3ccccc3F)C2)c1. The van der Waals surface area contributed by atoms with Gasteiger partial charge in [0.2, 0.25) is 5.91 Å². The standard InChI is InChI=1S/C21H23FN2O2/c1-15-6-4-7-16(12-15)13-23-20(25)17-8-5-11-24(14-17)21(26)18-9-2-3-10-19(18)22/h2-4,6-7,9-10,12,17H,5,8,11,13-14H2,1H3,(H,23,25)/t17-/m1/s1. The van der Waals surface area contributed by atoms with E-state index in [4.69, 9.17) is 0 Å². The molecule has 2 aromatic rings. The summed E-state index contributed by atoms with van der Waals surface area (Å²) in [5.74, 6) is -1.19. The van der Waals surface area contributed by atoms with Gasteiger partial charge in [-0.3, -0.25) is 9.59 Å². The Morgan fingerprint density at radius 2 is 2.00 bits per heavy atom. The number of amides is 2. The Kier molecular flexibility index (Phi) is 5.66. The molecule has 2 amide bonds. The average molecular weight is 354 g/mol. The molecule has 136 valence electrons. The van der Waals surface area contributed by atoms with E-state index in [0.717, 1.165) is 24.0 Å². The van der Waals surface area contributed by atoms with Gasteiger partial charge in [-0.2, -0.15) is 0 Å². The highest BCUT2D eigenvalue weighted by Gasteiger charge is 2.29. The number of nitrogens with one attached hydrogen (secondary N) is 1. The molecule has 0 aliphatic carbocycles. The zero-order valence-electron chi connectivity index (χ0n) is 14.9. The second-order valence-corrected chi connectivity index (χ2v) is 6.78. The quantitative estimate of drug-likeness (QED) is 0.916. The number of carbonyl (C=O) groups is 2. The van der Waals surface area contributed by atoms with Crippen molar-refractivity contribution in [2.24, 2.45) is 5.92 Å². The maximum Gasteiger partial charge on any atom is 0.256 e. The van der Waals surface area contributed by atoms with Crippen LogP contribution in [0.15, 0.2) is 48.5 Å². The summed E-state index contributed by atoms with van der Waals surface area (Å²) in [7, 11) is 0. The van der Waals surface area contributed by atoms with Gasteiger partial charge in [0.15, 0.2) is 0 Å². The number of carbonyl (C=O) groups excluding carboxylic acids is 2. The topological polar surface area (TPSA) is 49.4 Å². The highest BCUT2D eigenvalue weighted by atomic mass is 19.1. The molecule has 0 aromatic heterocycles. The van der Waals surface area contributed by atoms with Crippen LogP contribution in [0.3, 0.4) is 0 Å². The van der Waals surface area contributed by atoms with Crippen LogP contribution < -0.4 is 5.32 Å². The van der Waals surface area contributed by atoms with Gasteiger partial charge in [-0.15, -0.1) is 0 Å². The van der Waals surface area contributed by atoms with Crippen LogP contribution in [0.1, 0.15) is 34.3 Å². The van der Waals surface area contributed by atoms with E-state index in [1.54, 1.807) is 17.0 Å². The third-order valence-electron chi connectivity index (χ3n) is 4.73. The van der Waals surface area contributed by atoms with Crippen molar-refractivity contribution >= 4 is 11.8 Å². The Bertz CT molecular complexity index is 806. The highest BCUT2D eigenvalue weighted by Crippen LogP contribution is 2.20. The molecule has 2 aromatic carbocycles. The summed E-state index contributed by atoms with van der Waals surface area (Å²) in [6.45, 7) is 3.36. The molecule has 0 bridgehead atoms. The van der Waals surface area contributed by atoms with E-state index in [0.29, 0.717) is 19.6 Å². The highest BCUT2D eigenvalue weighted by molar-refractivity contribution is 5.95. The van der Waals surface area contributed by atoms with Crippen LogP contribution >= 0.6 is 0 Å². The van der Waals surface area contributed by atoms with E-state index >= 15 is 0 Å². The second kappa shape index (κ2) is 8.13. The van der Waals surface area contributed by atoms with Gasteiger partial charge in [-0.25, -0.2) is 4.39 Å². The predicted octanol–water partition coefficient (Wildman–Crippen LogP) is 3.30. The van der Waals surface area contributed by atoms with E-state index < -0.39 is 5.82 Å². The number of hydrogen-bond donors (Lipinski definition) is 1. The van der Waals surface area contributed by atoms with E-state index in [-0.39, 0.29) is 23.3 Å². The van der Waals surface area contributed by atoms with Crippen LogP contribution in [0.25, 0.3) is 0 Å². The third kappa shape index (κ3) is 4.28. The molecule has 1 aliphatic heterocycles. The monoisotopic (exact) mass is 354 g/mol. The van der Waals surface area contributed by atoms with Gasteiger partial charge in [-0.05, 0) is 37.5 Å². The van der Waals surface area contributed by atoms with Crippen LogP contribution in [-0.4, -0.2) is 29.8 Å². The van der Waals surface area contributed by atoms with Gasteiger partial charge >= 0.3 is 0 Å². The largest absolute Gasteiger partial charge is 0.352 e. The molecule has 1 fully saturated rings. The summed E-state index contributed by atoms with van der Waals surface area (Å²) in [5.41, 5.74) is 2.26. The molecule has 1 atom stereocenters. The smallest absolute Gasteiger partial charge is 0.256 e. The van der Waals surface area contributed by atoms with E-state index in [2.05, 4.69) is 5.32 Å². The summed E-state index contributed by atoms with van der Waals surface area (Å²) in [4.78, 5) is 26.6. The van der Waals surface area contributed by atoms with E-state index in [9.17, 15) is 14.0 Å². The molecule has 1 heterocycles. The molecule has 0 spiro atoms. The summed E-state index contributed by atoms with van der Waals surface area (Å²) in [6, 6.07) is 14.0. The van der Waals surface area contributed by atoms with Gasteiger partial charge in [0.05, 0.1) is 11.5 Å². The molecule has 1 N–H and O–H groups in total. The number of nitrogens with zero attached hydrogens (tertiary/aromatic N) is 1. The van der Waals surface area contributed by atoms with Crippen LogP contribution in [0.2, 0.25) is 0 Å². The van der Waals surface area contributed by atoms with E-state index in [1.165, 1.54) is 12.1 Å². The fourth-order valence-electron chi connectivity index (χ4n) is 3.34. The summed E-state index contributed by atoms with van der Waals surface area (Å²) >= 11 is 0. The molecule has 1 saturated heterocycles. The van der Waals surface area contributed by atoms with Crippen molar-refractivity contribution in [1.29, 1.82) is 0 Å². The fraction of sp³-hybridized carbons (Fsp3) is 0.333. The number of rotatable bonds is 4. The van der Waals surface area contributed by atoms with E-state index in [1.807, 2.05) is 31.2 Å². The molecule has 4 nitrogen and oxygen atoms in total. The van der Waals surface area contributed by atoms with Crippen LogP contribution in [0.4, 0.5) is 4.39 Å². The second-order valence-electron chi connectivity index (χ2n) is 6.78. The minimum Gasteiger partial charge on any atom is -0.352 e. The van der Waals surface area contributed by atoms with Crippen molar-refractivity contribution in [2.45, 2.75) is 26.3 Å². The maximum absolute atomic E-state index is 13.9. The zero-order valence-corrected chi connectivity index (χ0v) is 14.9. The molecule has 5 heteroatoms. The summed E-state index contributed by atoms with van der Waals surface area (Å²) in [6.07, 6.45) is 1.48. The zero-order chi connectivity index (χ0) is 18.5. The average Bonchev–Trinajstić information content (AvgIpc) is 2.66. The van der Waals surface area contributed by atoms with Crippen molar-refractivity contribution in [3.63, 3.8) is 0 Å². The van der Waals surface area contributed by atoms with Crippen molar-refractivity contribution in [2.75, 3.05) is 13.1 Å². The van der Waals surface area contributed by atoms with Gasteiger partial charge in [0.1, 0.15) is 5.82 Å². The Balaban J connectivity index is 1.60. The third-order valence-corrected chi connectivity index (χ3v) is 4.73. The maximum atomic E-state index is 13.9. The fourth-order valence-corrected chi connectivity index (χ4v) is 3.34. The first-order valence-electron chi connectivity index (χ1n) is 8.91.